The fourth-order valence-electron chi connectivity index (χ4n) is 4.11. The van der Waals surface area contributed by atoms with Crippen LogP contribution in [0.1, 0.15) is 65.7 Å². The maximum Gasteiger partial charge on any atom is 0.0468 e. The van der Waals surface area contributed by atoms with Crippen LogP contribution < -0.4 is 5.32 Å². The molecule has 2 heterocycles. The van der Waals surface area contributed by atoms with Gasteiger partial charge in [-0.3, -0.25) is 4.90 Å². The molecule has 0 saturated carbocycles. The molecule has 0 aromatic rings. The van der Waals surface area contributed by atoms with E-state index in [9.17, 15) is 0 Å². The van der Waals surface area contributed by atoms with E-state index in [1.54, 1.807) is 0 Å². The number of nitrogens with zero attached hydrogens (tertiary/aromatic N) is 1. The lowest BCUT2D eigenvalue weighted by Gasteiger charge is -2.46. The molecule has 2 atom stereocenters. The summed E-state index contributed by atoms with van der Waals surface area (Å²) in [5, 5.41) is 3.90. The second-order valence-corrected chi connectivity index (χ2v) is 7.20. The van der Waals surface area contributed by atoms with Gasteiger partial charge in [0.05, 0.1) is 0 Å². The Hall–Kier alpha value is -0.120. The van der Waals surface area contributed by atoms with E-state index in [0.717, 1.165) is 25.7 Å². The van der Waals surface area contributed by atoms with Gasteiger partial charge in [-0.2, -0.15) is 0 Å². The highest BCUT2D eigenvalue weighted by molar-refractivity contribution is 4.98. The van der Waals surface area contributed by atoms with E-state index in [1.807, 2.05) is 0 Å². The van der Waals surface area contributed by atoms with Crippen LogP contribution in [-0.2, 0) is 4.74 Å². The molecule has 3 nitrogen and oxygen atoms in total. The van der Waals surface area contributed by atoms with Crippen LogP contribution in [0, 0.1) is 5.92 Å². The topological polar surface area (TPSA) is 24.5 Å². The van der Waals surface area contributed by atoms with Crippen molar-refractivity contribution >= 4 is 0 Å². The molecule has 21 heavy (non-hydrogen) atoms. The molecule has 2 saturated heterocycles. The van der Waals surface area contributed by atoms with Crippen molar-refractivity contribution in [2.45, 2.75) is 77.3 Å². The molecule has 0 spiro atoms. The summed E-state index contributed by atoms with van der Waals surface area (Å²) in [6, 6.07) is 0.628. The van der Waals surface area contributed by atoms with Crippen LogP contribution in [0.25, 0.3) is 0 Å². The SMILES string of the molecule is CCCNC(CC1CCOCC1)C(C)(CC)N1CCCC1. The Morgan fingerprint density at radius 1 is 1.19 bits per heavy atom. The molecule has 0 bridgehead atoms. The molecular weight excluding hydrogens is 260 g/mol. The Morgan fingerprint density at radius 2 is 1.86 bits per heavy atom. The van der Waals surface area contributed by atoms with Crippen molar-refractivity contribution in [3.8, 4) is 0 Å². The van der Waals surface area contributed by atoms with Gasteiger partial charge in [-0.05, 0) is 77.4 Å². The van der Waals surface area contributed by atoms with E-state index in [1.165, 1.54) is 58.0 Å². The lowest BCUT2D eigenvalue weighted by molar-refractivity contribution is 0.0357. The Kier molecular flexibility index (Phi) is 6.97. The van der Waals surface area contributed by atoms with E-state index >= 15 is 0 Å². The molecule has 2 aliphatic heterocycles. The molecule has 124 valence electrons. The van der Waals surface area contributed by atoms with Crippen molar-refractivity contribution in [2.24, 2.45) is 5.92 Å². The molecule has 0 aromatic heterocycles. The van der Waals surface area contributed by atoms with E-state index in [2.05, 4.69) is 31.0 Å². The van der Waals surface area contributed by atoms with Gasteiger partial charge in [0.2, 0.25) is 0 Å². The summed E-state index contributed by atoms with van der Waals surface area (Å²) in [4.78, 5) is 2.76. The molecule has 3 heteroatoms. The van der Waals surface area contributed by atoms with Crippen molar-refractivity contribution in [3.63, 3.8) is 0 Å². The highest BCUT2D eigenvalue weighted by atomic mass is 16.5. The molecular formula is C18H36N2O. The van der Waals surface area contributed by atoms with Crippen molar-refractivity contribution in [1.29, 1.82) is 0 Å². The molecule has 1 N–H and O–H groups in total. The molecule has 0 radical (unpaired) electrons. The van der Waals surface area contributed by atoms with E-state index in [-0.39, 0.29) is 0 Å². The maximum atomic E-state index is 5.54. The number of nitrogens with one attached hydrogen (secondary N) is 1. The van der Waals surface area contributed by atoms with Crippen LogP contribution >= 0.6 is 0 Å². The van der Waals surface area contributed by atoms with Crippen LogP contribution in [0.4, 0.5) is 0 Å². The van der Waals surface area contributed by atoms with Crippen molar-refractivity contribution in [3.05, 3.63) is 0 Å². The summed E-state index contributed by atoms with van der Waals surface area (Å²) in [7, 11) is 0. The summed E-state index contributed by atoms with van der Waals surface area (Å²) in [6.45, 7) is 12.8. The molecule has 2 aliphatic rings. The molecule has 0 amide bonds. The molecule has 2 unspecified atom stereocenters. The van der Waals surface area contributed by atoms with E-state index in [0.29, 0.717) is 11.6 Å². The third-order valence-corrected chi connectivity index (χ3v) is 5.85. The summed E-state index contributed by atoms with van der Waals surface area (Å²) >= 11 is 0. The fraction of sp³-hybridized carbons (Fsp3) is 1.00. The average molecular weight is 296 g/mol. The van der Waals surface area contributed by atoms with Gasteiger partial charge >= 0.3 is 0 Å². The number of hydrogen-bond acceptors (Lipinski definition) is 3. The maximum absolute atomic E-state index is 5.54. The van der Waals surface area contributed by atoms with Crippen molar-refractivity contribution in [2.75, 3.05) is 32.8 Å². The Balaban J connectivity index is 2.03. The van der Waals surface area contributed by atoms with Crippen molar-refractivity contribution in [1.82, 2.24) is 10.2 Å². The highest BCUT2D eigenvalue weighted by Crippen LogP contribution is 2.33. The minimum atomic E-state index is 0.323. The fourth-order valence-corrected chi connectivity index (χ4v) is 4.11. The quantitative estimate of drug-likeness (QED) is 0.742. The number of likely N-dealkylation sites (tertiary alicyclic amines) is 1. The van der Waals surface area contributed by atoms with Gasteiger partial charge in [0, 0.05) is 24.8 Å². The first-order valence-corrected chi connectivity index (χ1v) is 9.27. The minimum absolute atomic E-state index is 0.323. The average Bonchev–Trinajstić information content (AvgIpc) is 3.06. The Labute approximate surface area is 131 Å². The first-order valence-electron chi connectivity index (χ1n) is 9.27. The first kappa shape index (κ1) is 17.2. The lowest BCUT2D eigenvalue weighted by Crippen LogP contribution is -2.59. The van der Waals surface area contributed by atoms with Gasteiger partial charge in [0.25, 0.3) is 0 Å². The van der Waals surface area contributed by atoms with Crippen LogP contribution in [0.15, 0.2) is 0 Å². The summed E-state index contributed by atoms with van der Waals surface area (Å²) in [5.74, 6) is 0.849. The number of ether oxygens (including phenoxy) is 1. The number of rotatable bonds is 8. The third-order valence-electron chi connectivity index (χ3n) is 5.85. The minimum Gasteiger partial charge on any atom is -0.381 e. The molecule has 2 rings (SSSR count). The zero-order chi connectivity index (χ0) is 15.1. The normalized spacial score (nSPS) is 25.9. The van der Waals surface area contributed by atoms with Gasteiger partial charge in [0.1, 0.15) is 0 Å². The largest absolute Gasteiger partial charge is 0.381 e. The van der Waals surface area contributed by atoms with Gasteiger partial charge in [-0.15, -0.1) is 0 Å². The molecule has 0 aliphatic carbocycles. The van der Waals surface area contributed by atoms with E-state index in [4.69, 9.17) is 4.74 Å². The smallest absolute Gasteiger partial charge is 0.0468 e. The molecule has 2 fully saturated rings. The summed E-state index contributed by atoms with van der Waals surface area (Å²) < 4.78 is 5.54. The first-order chi connectivity index (χ1) is 10.2. The van der Waals surface area contributed by atoms with Gasteiger partial charge < -0.3 is 10.1 Å². The monoisotopic (exact) mass is 296 g/mol. The van der Waals surface area contributed by atoms with Gasteiger partial charge in [-0.25, -0.2) is 0 Å². The highest BCUT2D eigenvalue weighted by Gasteiger charge is 2.40. The zero-order valence-corrected chi connectivity index (χ0v) is 14.5. The Morgan fingerprint density at radius 3 is 2.43 bits per heavy atom. The molecule has 0 aromatic carbocycles. The van der Waals surface area contributed by atoms with Crippen LogP contribution in [0.2, 0.25) is 0 Å². The second kappa shape index (κ2) is 8.50. The summed E-state index contributed by atoms with van der Waals surface area (Å²) in [6.07, 6.45) is 9.07. The predicted octanol–water partition coefficient (Wildman–Crippen LogP) is 3.44. The predicted molar refractivity (Wildman–Crippen MR) is 89.7 cm³/mol. The summed E-state index contributed by atoms with van der Waals surface area (Å²) in [5.41, 5.74) is 0.323. The number of hydrogen-bond donors (Lipinski definition) is 1. The standard InChI is InChI=1S/C18H36N2O/c1-4-10-19-17(15-16-8-13-21-14-9-16)18(3,5-2)20-11-6-7-12-20/h16-17,19H,4-15H2,1-3H3. The van der Waals surface area contributed by atoms with Gasteiger partial charge in [-0.1, -0.05) is 13.8 Å². The third kappa shape index (κ3) is 4.43. The zero-order valence-electron chi connectivity index (χ0n) is 14.5. The lowest BCUT2D eigenvalue weighted by atomic mass is 9.80. The van der Waals surface area contributed by atoms with Crippen LogP contribution in [0.3, 0.4) is 0 Å². The van der Waals surface area contributed by atoms with Gasteiger partial charge in [0.15, 0.2) is 0 Å². The Bertz CT molecular complexity index is 285. The van der Waals surface area contributed by atoms with E-state index < -0.39 is 0 Å². The van der Waals surface area contributed by atoms with Crippen molar-refractivity contribution < 1.29 is 4.74 Å². The van der Waals surface area contributed by atoms with Crippen LogP contribution in [0.5, 0.6) is 0 Å². The second-order valence-electron chi connectivity index (χ2n) is 7.20. The van der Waals surface area contributed by atoms with Crippen LogP contribution in [-0.4, -0.2) is 49.3 Å².